The average Bonchev–Trinajstić information content (AvgIpc) is 2.93. The molecule has 4 nitrogen and oxygen atoms in total. The van der Waals surface area contributed by atoms with Gasteiger partial charge in [-0.3, -0.25) is 4.79 Å². The maximum Gasteiger partial charge on any atom is 0.241 e. The fourth-order valence-corrected chi connectivity index (χ4v) is 2.50. The fourth-order valence-electron chi connectivity index (χ4n) is 2.50. The zero-order valence-corrected chi connectivity index (χ0v) is 10.5. The SMILES string of the molecule is O=C(Nc1cc(O)c2ccccc2c1)[C@@H]1CCCN1. The van der Waals surface area contributed by atoms with Crippen molar-refractivity contribution in [2.24, 2.45) is 0 Å². The molecule has 3 rings (SSSR count). The van der Waals surface area contributed by atoms with E-state index in [4.69, 9.17) is 0 Å². The first kappa shape index (κ1) is 12.0. The lowest BCUT2D eigenvalue weighted by Gasteiger charge is -2.12. The molecule has 1 saturated heterocycles. The quantitative estimate of drug-likeness (QED) is 0.772. The Kier molecular flexibility index (Phi) is 3.09. The third-order valence-electron chi connectivity index (χ3n) is 3.48. The van der Waals surface area contributed by atoms with Crippen molar-refractivity contribution >= 4 is 22.4 Å². The molecule has 1 fully saturated rings. The summed E-state index contributed by atoms with van der Waals surface area (Å²) in [6.07, 6.45) is 1.90. The molecule has 0 radical (unpaired) electrons. The van der Waals surface area contributed by atoms with E-state index >= 15 is 0 Å². The Morgan fingerprint density at radius 1 is 1.32 bits per heavy atom. The van der Waals surface area contributed by atoms with Gasteiger partial charge in [-0.15, -0.1) is 0 Å². The molecule has 1 aliphatic heterocycles. The largest absolute Gasteiger partial charge is 0.507 e. The minimum Gasteiger partial charge on any atom is -0.507 e. The Hall–Kier alpha value is -2.07. The predicted octanol–water partition coefficient (Wildman–Crippen LogP) is 2.24. The van der Waals surface area contributed by atoms with Crippen molar-refractivity contribution < 1.29 is 9.90 Å². The van der Waals surface area contributed by atoms with Crippen LogP contribution in [0.25, 0.3) is 10.8 Å². The van der Waals surface area contributed by atoms with Crippen LogP contribution in [0.2, 0.25) is 0 Å². The van der Waals surface area contributed by atoms with E-state index in [2.05, 4.69) is 10.6 Å². The van der Waals surface area contributed by atoms with Crippen LogP contribution in [0.5, 0.6) is 5.75 Å². The van der Waals surface area contributed by atoms with E-state index in [9.17, 15) is 9.90 Å². The number of anilines is 1. The van der Waals surface area contributed by atoms with Gasteiger partial charge in [0, 0.05) is 17.1 Å². The van der Waals surface area contributed by atoms with Crippen molar-refractivity contribution in [1.82, 2.24) is 5.32 Å². The molecule has 2 aromatic carbocycles. The zero-order chi connectivity index (χ0) is 13.2. The summed E-state index contributed by atoms with van der Waals surface area (Å²) >= 11 is 0. The zero-order valence-electron chi connectivity index (χ0n) is 10.5. The number of phenolic OH excluding ortho intramolecular Hbond substituents is 1. The van der Waals surface area contributed by atoms with Gasteiger partial charge in [-0.2, -0.15) is 0 Å². The van der Waals surface area contributed by atoms with Gasteiger partial charge in [0.05, 0.1) is 6.04 Å². The number of rotatable bonds is 2. The molecule has 0 bridgehead atoms. The molecule has 0 saturated carbocycles. The Morgan fingerprint density at radius 3 is 2.95 bits per heavy atom. The minimum absolute atomic E-state index is 0.0350. The number of amides is 1. The average molecular weight is 256 g/mol. The first-order valence-corrected chi connectivity index (χ1v) is 6.50. The van der Waals surface area contributed by atoms with Gasteiger partial charge in [0.2, 0.25) is 5.91 Å². The van der Waals surface area contributed by atoms with Gasteiger partial charge in [0.1, 0.15) is 5.75 Å². The number of fused-ring (bicyclic) bond motifs is 1. The molecule has 4 heteroatoms. The van der Waals surface area contributed by atoms with Gasteiger partial charge < -0.3 is 15.7 Å². The number of hydrogen-bond acceptors (Lipinski definition) is 3. The van der Waals surface area contributed by atoms with Crippen LogP contribution in [0.1, 0.15) is 12.8 Å². The highest BCUT2D eigenvalue weighted by Gasteiger charge is 2.22. The van der Waals surface area contributed by atoms with Crippen LogP contribution in [-0.2, 0) is 4.79 Å². The van der Waals surface area contributed by atoms with Crippen molar-refractivity contribution in [2.45, 2.75) is 18.9 Å². The van der Waals surface area contributed by atoms with E-state index in [-0.39, 0.29) is 17.7 Å². The third-order valence-corrected chi connectivity index (χ3v) is 3.48. The molecule has 0 spiro atoms. The molecule has 0 unspecified atom stereocenters. The van der Waals surface area contributed by atoms with Crippen molar-refractivity contribution in [2.75, 3.05) is 11.9 Å². The first-order chi connectivity index (χ1) is 9.24. The highest BCUT2D eigenvalue weighted by atomic mass is 16.3. The molecule has 3 N–H and O–H groups in total. The lowest BCUT2D eigenvalue weighted by atomic mass is 10.1. The number of hydrogen-bond donors (Lipinski definition) is 3. The van der Waals surface area contributed by atoms with Gasteiger partial charge in [0.15, 0.2) is 0 Å². The molecule has 19 heavy (non-hydrogen) atoms. The molecule has 98 valence electrons. The van der Waals surface area contributed by atoms with Crippen LogP contribution in [-0.4, -0.2) is 23.6 Å². The highest BCUT2D eigenvalue weighted by molar-refractivity contribution is 5.99. The molecule has 0 aliphatic carbocycles. The summed E-state index contributed by atoms with van der Waals surface area (Å²) < 4.78 is 0. The standard InChI is InChI=1S/C15H16N2O2/c18-14-9-11(8-10-4-1-2-5-12(10)14)17-15(19)13-6-3-7-16-13/h1-2,4-5,8-9,13,16,18H,3,6-7H2,(H,17,19)/t13-/m0/s1. The summed E-state index contributed by atoms with van der Waals surface area (Å²) in [5.74, 6) is 0.153. The second-order valence-electron chi connectivity index (χ2n) is 4.85. The lowest BCUT2D eigenvalue weighted by Crippen LogP contribution is -2.35. The van der Waals surface area contributed by atoms with Crippen molar-refractivity contribution in [1.29, 1.82) is 0 Å². The molecular weight excluding hydrogens is 240 g/mol. The monoisotopic (exact) mass is 256 g/mol. The predicted molar refractivity (Wildman–Crippen MR) is 75.3 cm³/mol. The number of aromatic hydroxyl groups is 1. The van der Waals surface area contributed by atoms with Crippen molar-refractivity contribution in [3.63, 3.8) is 0 Å². The lowest BCUT2D eigenvalue weighted by molar-refractivity contribution is -0.117. The Bertz CT molecular complexity index is 619. The van der Waals surface area contributed by atoms with E-state index < -0.39 is 0 Å². The summed E-state index contributed by atoms with van der Waals surface area (Å²) in [5.41, 5.74) is 0.634. The van der Waals surface area contributed by atoms with E-state index in [0.717, 1.165) is 30.2 Å². The highest BCUT2D eigenvalue weighted by Crippen LogP contribution is 2.28. The Balaban J connectivity index is 1.86. The van der Waals surface area contributed by atoms with Crippen LogP contribution >= 0.6 is 0 Å². The van der Waals surface area contributed by atoms with Crippen LogP contribution < -0.4 is 10.6 Å². The van der Waals surface area contributed by atoms with Gasteiger partial charge in [-0.25, -0.2) is 0 Å². The van der Waals surface area contributed by atoms with Gasteiger partial charge in [-0.1, -0.05) is 24.3 Å². The number of carbonyl (C=O) groups excluding carboxylic acids is 1. The molecule has 1 aliphatic rings. The van der Waals surface area contributed by atoms with Gasteiger partial charge >= 0.3 is 0 Å². The molecular formula is C15H16N2O2. The molecule has 1 heterocycles. The van der Waals surface area contributed by atoms with Crippen LogP contribution in [0, 0.1) is 0 Å². The van der Waals surface area contributed by atoms with Crippen LogP contribution in [0.3, 0.4) is 0 Å². The summed E-state index contributed by atoms with van der Waals surface area (Å²) in [6.45, 7) is 0.890. The number of carbonyl (C=O) groups is 1. The fraction of sp³-hybridized carbons (Fsp3) is 0.267. The van der Waals surface area contributed by atoms with E-state index in [1.165, 1.54) is 0 Å². The summed E-state index contributed by atoms with van der Waals surface area (Å²) in [7, 11) is 0. The van der Waals surface area contributed by atoms with Crippen molar-refractivity contribution in [3.05, 3.63) is 36.4 Å². The van der Waals surface area contributed by atoms with Crippen molar-refractivity contribution in [3.8, 4) is 5.75 Å². The molecule has 1 atom stereocenters. The maximum atomic E-state index is 12.0. The molecule has 2 aromatic rings. The third kappa shape index (κ3) is 2.39. The van der Waals surface area contributed by atoms with Crippen LogP contribution in [0.4, 0.5) is 5.69 Å². The summed E-state index contributed by atoms with van der Waals surface area (Å²) in [4.78, 5) is 12.0. The normalized spacial score (nSPS) is 18.6. The van der Waals surface area contributed by atoms with Gasteiger partial charge in [-0.05, 0) is 30.8 Å². The van der Waals surface area contributed by atoms with E-state index in [0.29, 0.717) is 5.69 Å². The second-order valence-corrected chi connectivity index (χ2v) is 4.85. The minimum atomic E-state index is -0.117. The maximum absolute atomic E-state index is 12.0. The number of benzene rings is 2. The Labute approximate surface area is 111 Å². The van der Waals surface area contributed by atoms with E-state index in [1.807, 2.05) is 30.3 Å². The second kappa shape index (κ2) is 4.90. The number of nitrogens with one attached hydrogen (secondary N) is 2. The summed E-state index contributed by atoms with van der Waals surface area (Å²) in [6, 6.07) is 10.9. The smallest absolute Gasteiger partial charge is 0.241 e. The van der Waals surface area contributed by atoms with Crippen LogP contribution in [0.15, 0.2) is 36.4 Å². The first-order valence-electron chi connectivity index (χ1n) is 6.50. The molecule has 1 amide bonds. The molecule has 0 aromatic heterocycles. The number of phenols is 1. The topological polar surface area (TPSA) is 61.4 Å². The summed E-state index contributed by atoms with van der Waals surface area (Å²) in [5, 5.41) is 17.7. The van der Waals surface area contributed by atoms with Gasteiger partial charge in [0.25, 0.3) is 0 Å². The Morgan fingerprint density at radius 2 is 2.16 bits per heavy atom. The van der Waals surface area contributed by atoms with E-state index in [1.54, 1.807) is 6.07 Å².